The van der Waals surface area contributed by atoms with Gasteiger partial charge in [0.05, 0.1) is 11.2 Å². The molecule has 1 aliphatic heterocycles. The topological polar surface area (TPSA) is 41.2 Å². The van der Waals surface area contributed by atoms with Gasteiger partial charge in [-0.2, -0.15) is 0 Å². The number of rotatable bonds is 3. The highest BCUT2D eigenvalue weighted by Crippen LogP contribution is 2.53. The fourth-order valence-corrected chi connectivity index (χ4v) is 6.10. The van der Waals surface area contributed by atoms with Crippen molar-refractivity contribution in [2.75, 3.05) is 7.11 Å². The lowest BCUT2D eigenvalue weighted by molar-refractivity contribution is 0.202. The second-order valence-electron chi connectivity index (χ2n) is 8.26. The molecule has 0 saturated carbocycles. The summed E-state index contributed by atoms with van der Waals surface area (Å²) in [5.74, 6) is 0.943. The van der Waals surface area contributed by atoms with Crippen LogP contribution < -0.4 is 0 Å². The lowest BCUT2D eigenvalue weighted by atomic mass is 10.2. The minimum absolute atomic E-state index is 0.130. The molecule has 0 N–H and O–H groups in total. The summed E-state index contributed by atoms with van der Waals surface area (Å²) in [6.45, 7) is 11.4. The summed E-state index contributed by atoms with van der Waals surface area (Å²) in [6, 6.07) is 10.7. The van der Waals surface area contributed by atoms with E-state index in [-0.39, 0.29) is 11.1 Å². The summed E-state index contributed by atoms with van der Waals surface area (Å²) in [4.78, 5) is 4.65. The molecule has 0 spiro atoms. The van der Waals surface area contributed by atoms with E-state index in [0.29, 0.717) is 0 Å². The third kappa shape index (κ3) is 2.59. The van der Waals surface area contributed by atoms with Crippen LogP contribution in [0.25, 0.3) is 10.9 Å². The molecule has 138 valence electrons. The zero-order valence-corrected chi connectivity index (χ0v) is 18.1. The maximum absolute atomic E-state index is 6.87. The highest BCUT2D eigenvalue weighted by Gasteiger charge is 2.44. The summed E-state index contributed by atoms with van der Waals surface area (Å²) in [5.41, 5.74) is 2.32. The van der Waals surface area contributed by atoms with Crippen LogP contribution >= 0.6 is 8.45 Å². The molecule has 0 aliphatic carbocycles. The predicted molar refractivity (Wildman–Crippen MR) is 109 cm³/mol. The van der Waals surface area contributed by atoms with E-state index < -0.39 is 16.8 Å². The van der Waals surface area contributed by atoms with Gasteiger partial charge in [-0.25, -0.2) is 4.98 Å². The first-order valence-corrected chi connectivity index (χ1v) is 13.0. The average Bonchev–Trinajstić information content (AvgIpc) is 3.19. The molecule has 0 fully saturated rings. The zero-order chi connectivity index (χ0) is 18.7. The molecule has 0 amide bonds. The maximum Gasteiger partial charge on any atom is 0.258 e. The van der Waals surface area contributed by atoms with Crippen molar-refractivity contribution in [2.24, 2.45) is 0 Å². The van der Waals surface area contributed by atoms with Crippen LogP contribution in [0, 0.1) is 0 Å². The SMILES string of the molecule is COP1n2ccnc2C(O[Si](C)(C)C(C)(C)C)c2cc3ccccc3n21. The van der Waals surface area contributed by atoms with E-state index in [2.05, 4.69) is 77.9 Å². The normalized spacial score (nSPS) is 20.2. The van der Waals surface area contributed by atoms with Gasteiger partial charge in [-0.15, -0.1) is 0 Å². The van der Waals surface area contributed by atoms with Crippen LogP contribution in [0.15, 0.2) is 42.7 Å². The Labute approximate surface area is 157 Å². The van der Waals surface area contributed by atoms with Gasteiger partial charge in [0.1, 0.15) is 11.9 Å². The molecule has 0 bridgehead atoms. The van der Waals surface area contributed by atoms with Crippen molar-refractivity contribution in [1.29, 1.82) is 0 Å². The van der Waals surface area contributed by atoms with Crippen molar-refractivity contribution >= 4 is 27.7 Å². The lowest BCUT2D eigenvalue weighted by Gasteiger charge is -2.41. The minimum Gasteiger partial charge on any atom is -0.402 e. The summed E-state index contributed by atoms with van der Waals surface area (Å²) < 4.78 is 17.2. The Morgan fingerprint density at radius 1 is 1.19 bits per heavy atom. The first-order valence-electron chi connectivity index (χ1n) is 8.91. The van der Waals surface area contributed by atoms with E-state index in [4.69, 9.17) is 8.95 Å². The Hall–Kier alpha value is -1.46. The fourth-order valence-electron chi connectivity index (χ4n) is 3.16. The molecular weight excluding hydrogens is 361 g/mol. The van der Waals surface area contributed by atoms with Crippen LogP contribution in [0.5, 0.6) is 0 Å². The smallest absolute Gasteiger partial charge is 0.258 e. The highest BCUT2D eigenvalue weighted by atomic mass is 31.2. The van der Waals surface area contributed by atoms with Crippen molar-refractivity contribution in [2.45, 2.75) is 45.0 Å². The molecule has 7 heteroatoms. The second-order valence-corrected chi connectivity index (χ2v) is 14.7. The van der Waals surface area contributed by atoms with E-state index in [0.717, 1.165) is 11.5 Å². The molecule has 4 rings (SSSR count). The molecule has 2 aromatic heterocycles. The molecule has 5 nitrogen and oxygen atoms in total. The Morgan fingerprint density at radius 2 is 1.92 bits per heavy atom. The highest BCUT2D eigenvalue weighted by molar-refractivity contribution is 7.49. The lowest BCUT2D eigenvalue weighted by Crippen LogP contribution is -2.43. The first kappa shape index (κ1) is 17.9. The first-order chi connectivity index (χ1) is 12.2. The van der Waals surface area contributed by atoms with E-state index in [1.54, 1.807) is 7.11 Å². The number of para-hydroxylation sites is 1. The van der Waals surface area contributed by atoms with Gasteiger partial charge >= 0.3 is 0 Å². The van der Waals surface area contributed by atoms with Crippen molar-refractivity contribution in [3.8, 4) is 0 Å². The predicted octanol–water partition coefficient (Wildman–Crippen LogP) is 5.53. The molecule has 2 unspecified atom stereocenters. The van der Waals surface area contributed by atoms with Crippen LogP contribution in [-0.4, -0.2) is 29.1 Å². The van der Waals surface area contributed by atoms with Crippen molar-refractivity contribution < 1.29 is 8.95 Å². The molecular formula is C19H26N3O2PSi. The van der Waals surface area contributed by atoms with Crippen LogP contribution in [0.1, 0.15) is 38.4 Å². The van der Waals surface area contributed by atoms with Crippen LogP contribution in [0.3, 0.4) is 0 Å². The monoisotopic (exact) mass is 387 g/mol. The summed E-state index contributed by atoms with van der Waals surface area (Å²) in [6.07, 6.45) is 3.68. The number of imidazole rings is 1. The summed E-state index contributed by atoms with van der Waals surface area (Å²) in [5, 5.41) is 1.34. The Morgan fingerprint density at radius 3 is 2.62 bits per heavy atom. The second kappa shape index (κ2) is 6.03. The van der Waals surface area contributed by atoms with Crippen molar-refractivity contribution in [3.63, 3.8) is 0 Å². The fraction of sp³-hybridized carbons (Fsp3) is 0.421. The Balaban J connectivity index is 1.92. The van der Waals surface area contributed by atoms with Gasteiger partial charge in [-0.3, -0.25) is 8.68 Å². The molecule has 0 saturated heterocycles. The van der Waals surface area contributed by atoms with Gasteiger partial charge in [-0.1, -0.05) is 39.0 Å². The molecule has 26 heavy (non-hydrogen) atoms. The van der Waals surface area contributed by atoms with Gasteiger partial charge in [-0.05, 0) is 30.3 Å². The number of aromatic nitrogens is 3. The van der Waals surface area contributed by atoms with Gasteiger partial charge in [0.2, 0.25) is 0 Å². The third-order valence-electron chi connectivity index (χ3n) is 5.60. The molecule has 3 heterocycles. The van der Waals surface area contributed by atoms with E-state index in [1.807, 2.05) is 12.4 Å². The van der Waals surface area contributed by atoms with Gasteiger partial charge in [0.15, 0.2) is 8.32 Å². The molecule has 0 radical (unpaired) electrons. The van der Waals surface area contributed by atoms with E-state index in [1.165, 1.54) is 10.9 Å². The van der Waals surface area contributed by atoms with Crippen LogP contribution in [0.2, 0.25) is 18.1 Å². The number of hydrogen-bond donors (Lipinski definition) is 0. The molecule has 3 aromatic rings. The third-order valence-corrected chi connectivity index (χ3v) is 11.9. The number of benzene rings is 1. The molecule has 1 aliphatic rings. The minimum atomic E-state index is -1.98. The van der Waals surface area contributed by atoms with Crippen molar-refractivity contribution in [3.05, 3.63) is 54.2 Å². The average molecular weight is 387 g/mol. The van der Waals surface area contributed by atoms with Gasteiger partial charge < -0.3 is 8.95 Å². The summed E-state index contributed by atoms with van der Waals surface area (Å²) in [7, 11) is -1.23. The Kier molecular flexibility index (Phi) is 4.16. The van der Waals surface area contributed by atoms with Gasteiger partial charge in [0.25, 0.3) is 8.45 Å². The van der Waals surface area contributed by atoms with E-state index >= 15 is 0 Å². The number of fused-ring (bicyclic) bond motifs is 4. The zero-order valence-electron chi connectivity index (χ0n) is 16.2. The summed E-state index contributed by atoms with van der Waals surface area (Å²) >= 11 is 0. The largest absolute Gasteiger partial charge is 0.402 e. The van der Waals surface area contributed by atoms with Crippen LogP contribution in [-0.2, 0) is 8.95 Å². The molecule has 2 atom stereocenters. The quantitative estimate of drug-likeness (QED) is 0.438. The van der Waals surface area contributed by atoms with Gasteiger partial charge in [0, 0.05) is 24.9 Å². The standard InChI is InChI=1S/C19H26N3O2PSi/c1-19(2,3)26(5,6)24-17-16-13-14-9-7-8-10-15(14)22(16)25(23-4)21-12-11-20-18(17)21/h7-13,17H,1-6H3. The Bertz CT molecular complexity index is 957. The van der Waals surface area contributed by atoms with Crippen LogP contribution in [0.4, 0.5) is 0 Å². The number of hydrogen-bond acceptors (Lipinski definition) is 3. The van der Waals surface area contributed by atoms with Crippen molar-refractivity contribution in [1.82, 2.24) is 13.7 Å². The maximum atomic E-state index is 6.87. The molecule has 1 aromatic carbocycles. The number of nitrogens with zero attached hydrogens (tertiary/aromatic N) is 3. The van der Waals surface area contributed by atoms with E-state index in [9.17, 15) is 0 Å².